The maximum atomic E-state index is 13.6. The second kappa shape index (κ2) is 5.75. The van der Waals surface area contributed by atoms with Gasteiger partial charge in [0.25, 0.3) is 0 Å². The van der Waals surface area contributed by atoms with Crippen LogP contribution in [0.4, 0.5) is 0 Å². The normalized spacial score (nSPS) is 19.6. The first-order valence-electron chi connectivity index (χ1n) is 9.14. The molecule has 0 saturated carbocycles. The summed E-state index contributed by atoms with van der Waals surface area (Å²) in [5.74, 6) is -0.000867. The number of hydrogen-bond acceptors (Lipinski definition) is 4. The van der Waals surface area contributed by atoms with Crippen LogP contribution in [0.25, 0.3) is 22.3 Å². The SMILES string of the molecule is N#CC1CC=C2C3=C(c4cccs4)C(=O)C(c4cccs4)=C3c3cccc1c32. The lowest BCUT2D eigenvalue weighted by Crippen LogP contribution is -2.06. The van der Waals surface area contributed by atoms with Gasteiger partial charge in [-0.1, -0.05) is 36.4 Å². The van der Waals surface area contributed by atoms with Crippen LogP contribution in [-0.4, -0.2) is 5.78 Å². The van der Waals surface area contributed by atoms with Crippen molar-refractivity contribution in [2.45, 2.75) is 12.3 Å². The Morgan fingerprint density at radius 2 is 1.61 bits per heavy atom. The molecule has 1 atom stereocenters. The minimum Gasteiger partial charge on any atom is -0.288 e. The predicted octanol–water partition coefficient (Wildman–Crippen LogP) is 6.16. The molecule has 2 heterocycles. The van der Waals surface area contributed by atoms with Gasteiger partial charge in [0.15, 0.2) is 5.78 Å². The van der Waals surface area contributed by atoms with E-state index in [9.17, 15) is 10.1 Å². The molecule has 3 aliphatic rings. The lowest BCUT2D eigenvalue weighted by atomic mass is 9.83. The average molecular weight is 396 g/mol. The number of hydrogen-bond donors (Lipinski definition) is 0. The summed E-state index contributed by atoms with van der Waals surface area (Å²) >= 11 is 3.22. The Labute approximate surface area is 170 Å². The van der Waals surface area contributed by atoms with E-state index in [1.807, 2.05) is 41.1 Å². The van der Waals surface area contributed by atoms with Gasteiger partial charge < -0.3 is 0 Å². The molecule has 0 bridgehead atoms. The summed E-state index contributed by atoms with van der Waals surface area (Å²) in [7, 11) is 0. The first-order chi connectivity index (χ1) is 13.8. The fraction of sp³-hybridized carbons (Fsp3) is 0.0833. The third kappa shape index (κ3) is 1.93. The van der Waals surface area contributed by atoms with Gasteiger partial charge in [0.1, 0.15) is 0 Å². The number of rotatable bonds is 2. The number of nitriles is 1. The van der Waals surface area contributed by atoms with Crippen molar-refractivity contribution in [3.05, 3.63) is 91.3 Å². The highest BCUT2D eigenvalue weighted by Crippen LogP contribution is 2.59. The summed E-state index contributed by atoms with van der Waals surface area (Å²) < 4.78 is 0. The number of Topliss-reactive ketones (excluding diaryl/α,β-unsaturated/α-hetero) is 1. The number of thiophene rings is 2. The highest BCUT2D eigenvalue weighted by molar-refractivity contribution is 7.13. The molecule has 3 aliphatic carbocycles. The van der Waals surface area contributed by atoms with E-state index >= 15 is 0 Å². The molecule has 0 amide bonds. The van der Waals surface area contributed by atoms with Gasteiger partial charge >= 0.3 is 0 Å². The summed E-state index contributed by atoms with van der Waals surface area (Å²) in [4.78, 5) is 15.7. The van der Waals surface area contributed by atoms with E-state index in [0.717, 1.165) is 54.3 Å². The molecular weight excluding hydrogens is 382 g/mol. The van der Waals surface area contributed by atoms with E-state index in [-0.39, 0.29) is 11.7 Å². The third-order valence-corrected chi connectivity index (χ3v) is 7.51. The van der Waals surface area contributed by atoms with Gasteiger partial charge in [0, 0.05) is 32.0 Å². The van der Waals surface area contributed by atoms with Crippen molar-refractivity contribution >= 4 is 50.7 Å². The standard InChI is InChI=1S/C24H13NOS2/c25-12-13-8-9-16-19-14(13)4-1-5-15(19)20-21(16)23(18-7-3-11-28-18)24(26)22(20)17-6-2-10-27-17/h1-7,9-11,13H,8H2. The highest BCUT2D eigenvalue weighted by atomic mass is 32.1. The molecule has 0 spiro atoms. The van der Waals surface area contributed by atoms with E-state index in [1.165, 1.54) is 0 Å². The van der Waals surface area contributed by atoms with E-state index < -0.39 is 0 Å². The Bertz CT molecular complexity index is 1300. The molecule has 2 aromatic heterocycles. The molecule has 0 fully saturated rings. The number of fused-ring (bicyclic) bond motifs is 3. The number of carbonyl (C=O) groups is 1. The molecule has 6 rings (SSSR count). The number of allylic oxidation sites excluding steroid dienone is 6. The van der Waals surface area contributed by atoms with Crippen molar-refractivity contribution in [3.8, 4) is 6.07 Å². The molecule has 28 heavy (non-hydrogen) atoms. The molecule has 0 saturated heterocycles. The topological polar surface area (TPSA) is 40.9 Å². The van der Waals surface area contributed by atoms with Crippen LogP contribution in [-0.2, 0) is 4.79 Å². The maximum absolute atomic E-state index is 13.6. The van der Waals surface area contributed by atoms with Crippen LogP contribution < -0.4 is 0 Å². The molecule has 0 radical (unpaired) electrons. The molecule has 0 N–H and O–H groups in total. The Morgan fingerprint density at radius 1 is 0.893 bits per heavy atom. The van der Waals surface area contributed by atoms with Crippen molar-refractivity contribution < 1.29 is 4.79 Å². The number of ketones is 1. The lowest BCUT2D eigenvalue weighted by molar-refractivity contribution is -0.108. The van der Waals surface area contributed by atoms with Crippen molar-refractivity contribution in [1.82, 2.24) is 0 Å². The quantitative estimate of drug-likeness (QED) is 0.521. The van der Waals surface area contributed by atoms with Gasteiger partial charge in [0.2, 0.25) is 0 Å². The first-order valence-corrected chi connectivity index (χ1v) is 10.9. The van der Waals surface area contributed by atoms with E-state index in [4.69, 9.17) is 0 Å². The van der Waals surface area contributed by atoms with Crippen molar-refractivity contribution in [2.75, 3.05) is 0 Å². The van der Waals surface area contributed by atoms with Crippen LogP contribution in [0.5, 0.6) is 0 Å². The van der Waals surface area contributed by atoms with Crippen LogP contribution in [0.3, 0.4) is 0 Å². The summed E-state index contributed by atoms with van der Waals surface area (Å²) in [5, 5.41) is 13.7. The van der Waals surface area contributed by atoms with Gasteiger partial charge in [-0.25, -0.2) is 0 Å². The third-order valence-electron chi connectivity index (χ3n) is 5.73. The minimum absolute atomic E-state index is 0.120. The molecule has 2 nitrogen and oxygen atoms in total. The summed E-state index contributed by atoms with van der Waals surface area (Å²) in [5.41, 5.74) is 8.23. The number of carbonyl (C=O) groups excluding carboxylic acids is 1. The number of benzene rings is 1. The molecule has 1 unspecified atom stereocenters. The fourth-order valence-electron chi connectivity index (χ4n) is 4.64. The first kappa shape index (κ1) is 16.0. The minimum atomic E-state index is -0.121. The van der Waals surface area contributed by atoms with Crippen LogP contribution >= 0.6 is 22.7 Å². The second-order valence-corrected chi connectivity index (χ2v) is 8.98. The predicted molar refractivity (Wildman–Crippen MR) is 115 cm³/mol. The molecule has 0 aliphatic heterocycles. The second-order valence-electron chi connectivity index (χ2n) is 7.09. The van der Waals surface area contributed by atoms with Crippen LogP contribution in [0, 0.1) is 11.3 Å². The lowest BCUT2D eigenvalue weighted by Gasteiger charge is -2.19. The maximum Gasteiger partial charge on any atom is 0.197 e. The molecule has 1 aromatic carbocycles. The van der Waals surface area contributed by atoms with Gasteiger partial charge in [0.05, 0.1) is 12.0 Å². The Hall–Kier alpha value is -3.00. The van der Waals surface area contributed by atoms with Crippen molar-refractivity contribution in [1.29, 1.82) is 5.26 Å². The smallest absolute Gasteiger partial charge is 0.197 e. The average Bonchev–Trinajstić information content (AvgIpc) is 3.49. The van der Waals surface area contributed by atoms with Gasteiger partial charge in [-0.05, 0) is 51.6 Å². The molecule has 132 valence electrons. The Morgan fingerprint density at radius 3 is 2.25 bits per heavy atom. The van der Waals surface area contributed by atoms with Crippen molar-refractivity contribution in [2.24, 2.45) is 0 Å². The number of nitrogens with zero attached hydrogens (tertiary/aromatic N) is 1. The van der Waals surface area contributed by atoms with Gasteiger partial charge in [-0.2, -0.15) is 5.26 Å². The van der Waals surface area contributed by atoms with Crippen molar-refractivity contribution in [3.63, 3.8) is 0 Å². The largest absolute Gasteiger partial charge is 0.288 e. The zero-order valence-electron chi connectivity index (χ0n) is 14.7. The van der Waals surface area contributed by atoms with E-state index in [2.05, 4.69) is 24.3 Å². The molecule has 3 aromatic rings. The zero-order chi connectivity index (χ0) is 18.8. The van der Waals surface area contributed by atoms with E-state index in [1.54, 1.807) is 22.7 Å². The zero-order valence-corrected chi connectivity index (χ0v) is 16.4. The van der Waals surface area contributed by atoms with Crippen LogP contribution in [0.1, 0.15) is 38.8 Å². The van der Waals surface area contributed by atoms with Crippen LogP contribution in [0.2, 0.25) is 0 Å². The summed E-state index contributed by atoms with van der Waals surface area (Å²) in [6.45, 7) is 0. The van der Waals surface area contributed by atoms with Crippen LogP contribution in [0.15, 0.2) is 64.9 Å². The fourth-order valence-corrected chi connectivity index (χ4v) is 6.18. The Kier molecular flexibility index (Phi) is 3.28. The van der Waals surface area contributed by atoms with Gasteiger partial charge in [-0.3, -0.25) is 4.79 Å². The summed E-state index contributed by atoms with van der Waals surface area (Å²) in [6, 6.07) is 16.7. The Balaban J connectivity index is 1.74. The van der Waals surface area contributed by atoms with E-state index in [0.29, 0.717) is 6.42 Å². The summed E-state index contributed by atoms with van der Waals surface area (Å²) in [6.07, 6.45) is 2.86. The van der Waals surface area contributed by atoms with Gasteiger partial charge in [-0.15, -0.1) is 22.7 Å². The molecular formula is C24H13NOS2. The molecule has 4 heteroatoms. The monoisotopic (exact) mass is 395 g/mol. The highest BCUT2D eigenvalue weighted by Gasteiger charge is 2.44.